The summed E-state index contributed by atoms with van der Waals surface area (Å²) < 4.78 is 0. The Labute approximate surface area is 107 Å². The number of halogens is 1. The number of primary amides is 1. The van der Waals surface area contributed by atoms with E-state index in [0.29, 0.717) is 21.5 Å². The third kappa shape index (κ3) is 2.05. The number of rotatable bonds is 1. The van der Waals surface area contributed by atoms with Gasteiger partial charge in [0.25, 0.3) is 5.91 Å². The number of imide groups is 1. The van der Waals surface area contributed by atoms with Crippen LogP contribution in [-0.2, 0) is 0 Å². The Morgan fingerprint density at radius 3 is 2.61 bits per heavy atom. The Morgan fingerprint density at radius 2 is 1.94 bits per heavy atom. The molecule has 0 bridgehead atoms. The van der Waals surface area contributed by atoms with Crippen LogP contribution in [0.4, 0.5) is 10.5 Å². The Hall–Kier alpha value is -2.34. The molecule has 2 aromatic rings. The van der Waals surface area contributed by atoms with Gasteiger partial charge in [-0.3, -0.25) is 15.1 Å². The van der Waals surface area contributed by atoms with E-state index in [9.17, 15) is 9.59 Å². The van der Waals surface area contributed by atoms with Gasteiger partial charge >= 0.3 is 6.03 Å². The maximum Gasteiger partial charge on any atom is 0.319 e. The van der Waals surface area contributed by atoms with E-state index in [1.807, 2.05) is 5.32 Å². The topological polar surface area (TPSA) is 111 Å². The molecule has 0 unspecified atom stereocenters. The van der Waals surface area contributed by atoms with Gasteiger partial charge in [0.05, 0.1) is 10.7 Å². The molecule has 2 rings (SSSR count). The first-order valence-corrected chi connectivity index (χ1v) is 5.32. The number of nitrogens with two attached hydrogens (primary N) is 2. The number of hydrogen-bond acceptors (Lipinski definition) is 4. The van der Waals surface area contributed by atoms with Crippen LogP contribution in [-0.4, -0.2) is 16.9 Å². The van der Waals surface area contributed by atoms with Gasteiger partial charge in [0.2, 0.25) is 0 Å². The summed E-state index contributed by atoms with van der Waals surface area (Å²) in [7, 11) is 0. The van der Waals surface area contributed by atoms with Gasteiger partial charge in [-0.2, -0.15) is 0 Å². The Balaban J connectivity index is 2.63. The molecule has 5 N–H and O–H groups in total. The summed E-state index contributed by atoms with van der Waals surface area (Å²) in [5.74, 6) is -0.685. The molecular weight excluding hydrogens is 256 g/mol. The summed E-state index contributed by atoms with van der Waals surface area (Å²) in [5, 5.41) is 3.42. The van der Waals surface area contributed by atoms with Crippen LogP contribution < -0.4 is 16.8 Å². The number of nitrogen functional groups attached to an aromatic ring is 1. The highest BCUT2D eigenvalue weighted by atomic mass is 35.5. The maximum atomic E-state index is 11.7. The number of anilines is 1. The first-order chi connectivity index (χ1) is 8.50. The fourth-order valence-corrected chi connectivity index (χ4v) is 1.77. The van der Waals surface area contributed by atoms with Crippen molar-refractivity contribution in [2.45, 2.75) is 0 Å². The highest BCUT2D eigenvalue weighted by Gasteiger charge is 2.14. The molecule has 3 amide bonds. The smallest absolute Gasteiger partial charge is 0.319 e. The summed E-state index contributed by atoms with van der Waals surface area (Å²) in [6.07, 6.45) is 1.41. The van der Waals surface area contributed by atoms with Gasteiger partial charge in [0.15, 0.2) is 0 Å². The molecule has 1 heterocycles. The maximum absolute atomic E-state index is 11.7. The Kier molecular flexibility index (Phi) is 3.03. The minimum Gasteiger partial charge on any atom is -0.397 e. The molecular formula is C11H9ClN4O2. The zero-order chi connectivity index (χ0) is 13.3. The molecule has 92 valence electrons. The average Bonchev–Trinajstić information content (AvgIpc) is 2.32. The average molecular weight is 265 g/mol. The zero-order valence-corrected chi connectivity index (χ0v) is 9.86. The van der Waals surface area contributed by atoms with Gasteiger partial charge in [-0.05, 0) is 12.1 Å². The highest BCUT2D eigenvalue weighted by molar-refractivity contribution is 6.35. The van der Waals surface area contributed by atoms with Gasteiger partial charge < -0.3 is 11.5 Å². The number of hydrogen-bond donors (Lipinski definition) is 3. The van der Waals surface area contributed by atoms with Crippen LogP contribution in [0.15, 0.2) is 24.4 Å². The number of pyridine rings is 1. The molecule has 0 aliphatic rings. The number of nitrogens with one attached hydrogen (secondary N) is 1. The first-order valence-electron chi connectivity index (χ1n) is 4.94. The molecule has 1 aromatic heterocycles. The number of fused-ring (bicyclic) bond motifs is 1. The number of nitrogens with zero attached hydrogens (tertiary/aromatic N) is 1. The number of carbonyl (C=O) groups is 2. The lowest BCUT2D eigenvalue weighted by molar-refractivity contribution is 0.0963. The van der Waals surface area contributed by atoms with Crippen molar-refractivity contribution in [3.63, 3.8) is 0 Å². The molecule has 0 saturated carbocycles. The van der Waals surface area contributed by atoms with E-state index in [2.05, 4.69) is 4.98 Å². The standard InChI is InChI=1S/C11H9ClN4O2/c12-7-2-1-6-5(8(7)13)3-4-15-9(6)10(17)16-11(14)18/h1-4H,13H2,(H3,14,16,17,18). The molecule has 0 aliphatic heterocycles. The lowest BCUT2D eigenvalue weighted by Gasteiger charge is -2.07. The second-order valence-corrected chi connectivity index (χ2v) is 3.94. The summed E-state index contributed by atoms with van der Waals surface area (Å²) in [6.45, 7) is 0. The minimum atomic E-state index is -0.944. The number of carbonyl (C=O) groups excluding carboxylic acids is 2. The highest BCUT2D eigenvalue weighted by Crippen LogP contribution is 2.29. The van der Waals surface area contributed by atoms with Crippen molar-refractivity contribution >= 4 is 40.0 Å². The van der Waals surface area contributed by atoms with Crippen LogP contribution in [0.2, 0.25) is 5.02 Å². The lowest BCUT2D eigenvalue weighted by atomic mass is 10.1. The molecule has 18 heavy (non-hydrogen) atoms. The van der Waals surface area contributed by atoms with Gasteiger partial charge in [0.1, 0.15) is 5.69 Å². The van der Waals surface area contributed by atoms with Crippen molar-refractivity contribution in [3.8, 4) is 0 Å². The fraction of sp³-hybridized carbons (Fsp3) is 0. The molecule has 0 fully saturated rings. The summed E-state index contributed by atoms with van der Waals surface area (Å²) in [4.78, 5) is 26.3. The predicted octanol–water partition coefficient (Wildman–Crippen LogP) is 1.28. The number of urea groups is 1. The van der Waals surface area contributed by atoms with Gasteiger partial charge in [0, 0.05) is 17.0 Å². The van der Waals surface area contributed by atoms with E-state index in [1.54, 1.807) is 18.2 Å². The zero-order valence-electron chi connectivity index (χ0n) is 9.11. The molecule has 0 radical (unpaired) electrons. The van der Waals surface area contributed by atoms with Crippen molar-refractivity contribution in [2.24, 2.45) is 5.73 Å². The van der Waals surface area contributed by atoms with Crippen LogP contribution in [0, 0.1) is 0 Å². The second-order valence-electron chi connectivity index (χ2n) is 3.53. The van der Waals surface area contributed by atoms with E-state index >= 15 is 0 Å². The van der Waals surface area contributed by atoms with Crippen molar-refractivity contribution in [1.29, 1.82) is 0 Å². The van der Waals surface area contributed by atoms with Crippen LogP contribution >= 0.6 is 11.6 Å². The SMILES string of the molecule is NC(=O)NC(=O)c1nccc2c(N)c(Cl)ccc12. The van der Waals surface area contributed by atoms with E-state index in [0.717, 1.165) is 0 Å². The van der Waals surface area contributed by atoms with E-state index in [1.165, 1.54) is 6.20 Å². The largest absolute Gasteiger partial charge is 0.397 e. The molecule has 1 aromatic carbocycles. The van der Waals surface area contributed by atoms with Crippen LogP contribution in [0.1, 0.15) is 10.5 Å². The number of amides is 3. The van der Waals surface area contributed by atoms with Crippen LogP contribution in [0.5, 0.6) is 0 Å². The fourth-order valence-electron chi connectivity index (χ4n) is 1.60. The molecule has 0 aliphatic carbocycles. The molecule has 6 nitrogen and oxygen atoms in total. The summed E-state index contributed by atoms with van der Waals surface area (Å²) in [6, 6.07) is 3.86. The van der Waals surface area contributed by atoms with E-state index < -0.39 is 11.9 Å². The molecule has 0 atom stereocenters. The lowest BCUT2D eigenvalue weighted by Crippen LogP contribution is -2.35. The number of benzene rings is 1. The predicted molar refractivity (Wildman–Crippen MR) is 68.2 cm³/mol. The Bertz CT molecular complexity index is 657. The van der Waals surface area contributed by atoms with Crippen molar-refractivity contribution in [2.75, 3.05) is 5.73 Å². The van der Waals surface area contributed by atoms with Gasteiger partial charge in [-0.25, -0.2) is 4.79 Å². The Morgan fingerprint density at radius 1 is 1.22 bits per heavy atom. The van der Waals surface area contributed by atoms with Gasteiger partial charge in [-0.15, -0.1) is 0 Å². The van der Waals surface area contributed by atoms with Crippen molar-refractivity contribution < 1.29 is 9.59 Å². The van der Waals surface area contributed by atoms with E-state index in [-0.39, 0.29) is 5.69 Å². The number of aromatic nitrogens is 1. The third-order valence-corrected chi connectivity index (χ3v) is 2.72. The molecule has 0 spiro atoms. The van der Waals surface area contributed by atoms with E-state index in [4.69, 9.17) is 23.1 Å². The monoisotopic (exact) mass is 264 g/mol. The first kappa shape index (κ1) is 12.1. The quantitative estimate of drug-likeness (QED) is 0.674. The normalized spacial score (nSPS) is 10.3. The second kappa shape index (κ2) is 4.50. The van der Waals surface area contributed by atoms with Crippen LogP contribution in [0.25, 0.3) is 10.8 Å². The minimum absolute atomic E-state index is 0.0645. The molecule has 0 saturated heterocycles. The van der Waals surface area contributed by atoms with Crippen molar-refractivity contribution in [3.05, 3.63) is 35.1 Å². The molecule has 7 heteroatoms. The van der Waals surface area contributed by atoms with Gasteiger partial charge in [-0.1, -0.05) is 17.7 Å². The van der Waals surface area contributed by atoms with Crippen molar-refractivity contribution in [1.82, 2.24) is 10.3 Å². The summed E-state index contributed by atoms with van der Waals surface area (Å²) >= 11 is 5.88. The summed E-state index contributed by atoms with van der Waals surface area (Å²) in [5.41, 5.74) is 11.1. The third-order valence-electron chi connectivity index (χ3n) is 2.39. The van der Waals surface area contributed by atoms with Crippen LogP contribution in [0.3, 0.4) is 0 Å².